The fraction of sp³-hybridized carbons (Fsp3) is 0. The van der Waals surface area contributed by atoms with Crippen LogP contribution in [0.1, 0.15) is 0 Å². The Morgan fingerprint density at radius 2 is 0.0189 bits per heavy atom. The topological polar surface area (TPSA) is 0 Å². The van der Waals surface area contributed by atoms with Crippen LogP contribution in [-0.4, -0.2) is 0 Å². The zero-order valence-corrected chi connectivity index (χ0v) is 309. The van der Waals surface area contributed by atoms with Gasteiger partial charge in [0.05, 0.1) is 0 Å². The first kappa shape index (κ1) is 855. The van der Waals surface area contributed by atoms with Gasteiger partial charge in [-0.15, -0.1) is 62.0 Å². The average Bonchev–Trinajstić information content (AvgIpc) is 0. The van der Waals surface area contributed by atoms with Gasteiger partial charge in [0, 0.05) is 0 Å². The van der Waals surface area contributed by atoms with E-state index in [0.717, 1.165) is 0 Å². The van der Waals surface area contributed by atoms with Crippen molar-refractivity contribution in [1.29, 1.82) is 0 Å². The zero-order valence-electron chi connectivity index (χ0n) is 103. The second-order valence-electron chi connectivity index (χ2n) is 0. The van der Waals surface area contributed by atoms with Crippen LogP contribution in [0.2, 0.25) is 0 Å². The molecule has 40 valence electrons. The number of halogens is 5. The SMILES string of the molecule is Cl.Cl.Cl.Cl.Cl.[Na+].[Na+].[Na+].[Na+].[Na+].[Na+].[Na+].[Na+].[Na+].[Na+].[Na+].[Na+].[Na+].[Na+].[Na+].[Na+].[Na+].[Na+].[Na+].[Na+].[Na+].[Na+].[Na+].[Na+].[Na+].[Na+].[Na+].[Na+].[Na+].[Na+].[Na+].[Na+].[Na+].[Na+].[Na+].[Na+].[Na+].[Na+].[Na+].[Na+].[Na+].[Na+].[Na+].[Na+].[Na+].[Na+].[Na+].[Na+].[Na+].[Na+].[Na+].[Na+].[Na+].[Na+].[Na+].[Na+].[Na+].[Na+].[Na+].[Na+].[Na+].[Na+].[Na+].[Na+].[Na+].[Na+].[Na+].[Na+].[Na+].[Na+].[Na+].[Na+].[Na+].[Na+].[Na+].[Na+].[Na+].[Na+].[Na+].[Na+].[Na+].[Na+].[Na+].[Na+].[Na+].[Na+].[Na+].[Na+].[Na+].[Na+].[Na+].[Na+].[Na+].[Na+].[Na+].[Na+].[Na+].[Na+].[Na+].[Na+].[Na+]. The van der Waals surface area contributed by atoms with Crippen LogP contribution in [0.15, 0.2) is 0 Å². The third-order valence-electron chi connectivity index (χ3n) is 0. The third-order valence-corrected chi connectivity index (χ3v) is 0. The summed E-state index contributed by atoms with van der Waals surface area (Å²) in [5.41, 5.74) is 0. The van der Waals surface area contributed by atoms with Crippen molar-refractivity contribution >= 4 is 62.0 Å². The van der Waals surface area contributed by atoms with Gasteiger partial charge in [0.25, 0.3) is 0 Å². The first-order valence-corrected chi connectivity index (χ1v) is 0. The van der Waals surface area contributed by atoms with E-state index in [1.165, 1.54) is 0 Å². The summed E-state index contributed by atoms with van der Waals surface area (Å²) in [5.74, 6) is 0. The molecular formula is H5Cl5Na101+101. The van der Waals surface area contributed by atoms with Crippen LogP contribution in [0.25, 0.3) is 0 Å². The van der Waals surface area contributed by atoms with E-state index in [0.29, 0.717) is 0 Å². The Labute approximate surface area is 2930 Å². The Morgan fingerprint density at radius 1 is 0.0189 bits per heavy atom. The van der Waals surface area contributed by atoms with Crippen LogP contribution in [0.4, 0.5) is 0 Å². The third kappa shape index (κ3) is 830. The molecule has 0 saturated carbocycles. The number of hydrogen-bond acceptors (Lipinski definition) is 0. The van der Waals surface area contributed by atoms with Gasteiger partial charge in [-0.2, -0.15) is 0 Å². The summed E-state index contributed by atoms with van der Waals surface area (Å²) in [5, 5.41) is 0. The Balaban J connectivity index is 0. The maximum Gasteiger partial charge on any atom is 1.00 e. The summed E-state index contributed by atoms with van der Waals surface area (Å²) < 4.78 is 0. The maximum absolute atomic E-state index is 0. The van der Waals surface area contributed by atoms with E-state index in [9.17, 15) is 0 Å². The smallest absolute Gasteiger partial charge is 0.147 e. The Morgan fingerprint density at radius 3 is 0.0189 bits per heavy atom. The number of rotatable bonds is 0. The van der Waals surface area contributed by atoms with Crippen molar-refractivity contribution in [2.24, 2.45) is 0 Å². The summed E-state index contributed by atoms with van der Waals surface area (Å²) >= 11 is 0. The van der Waals surface area contributed by atoms with Crippen molar-refractivity contribution in [1.82, 2.24) is 0 Å². The van der Waals surface area contributed by atoms with E-state index >= 15 is 0 Å². The van der Waals surface area contributed by atoms with Crippen LogP contribution in [0, 0.1) is 0 Å². The monoisotopic (exact) mass is 2500 g/mol. The first-order valence-electron chi connectivity index (χ1n) is 0. The molecule has 0 aromatic heterocycles. The molecule has 0 aliphatic rings. The molecule has 106 heteroatoms. The Bertz CT molecular complexity index is 29.1. The van der Waals surface area contributed by atoms with Gasteiger partial charge in [-0.3, -0.25) is 0 Å². The van der Waals surface area contributed by atoms with E-state index in [-0.39, 0.29) is 3050 Å². The second kappa shape index (κ2) is 842. The summed E-state index contributed by atoms with van der Waals surface area (Å²) in [6.07, 6.45) is 0. The van der Waals surface area contributed by atoms with Crippen LogP contribution in [-0.2, 0) is 0 Å². The molecule has 0 bridgehead atoms. The Hall–Kier alpha value is 102. The molecular weight excluding hydrogens is 2500 g/mol. The minimum absolute atomic E-state index is 0. The van der Waals surface area contributed by atoms with Gasteiger partial charge in [-0.05, 0) is 0 Å². The summed E-state index contributed by atoms with van der Waals surface area (Å²) in [6.45, 7) is 0. The second-order valence-corrected chi connectivity index (χ2v) is 0. The van der Waals surface area contributed by atoms with Gasteiger partial charge in [0.15, 0.2) is 0 Å². The van der Waals surface area contributed by atoms with Crippen molar-refractivity contribution in [3.05, 3.63) is 0 Å². The quantitative estimate of drug-likeness (QED) is 0.212. The minimum Gasteiger partial charge on any atom is -0.147 e. The van der Waals surface area contributed by atoms with Crippen molar-refractivity contribution in [2.45, 2.75) is 0 Å². The fourth-order valence-corrected chi connectivity index (χ4v) is 0. The van der Waals surface area contributed by atoms with Gasteiger partial charge < -0.3 is 0 Å². The van der Waals surface area contributed by atoms with E-state index in [4.69, 9.17) is 0 Å². The molecule has 0 nitrogen and oxygen atoms in total. The molecule has 0 saturated heterocycles. The van der Waals surface area contributed by atoms with Crippen molar-refractivity contribution in [3.8, 4) is 0 Å². The average molecular weight is 2500 g/mol. The largest absolute Gasteiger partial charge is 1.00 e. The molecule has 0 aliphatic heterocycles. The molecule has 106 heavy (non-hydrogen) atoms. The van der Waals surface area contributed by atoms with Crippen LogP contribution >= 0.6 is 62.0 Å². The van der Waals surface area contributed by atoms with E-state index in [1.54, 1.807) is 0 Å². The van der Waals surface area contributed by atoms with E-state index in [1.807, 2.05) is 0 Å². The summed E-state index contributed by atoms with van der Waals surface area (Å²) in [4.78, 5) is 0. The minimum atomic E-state index is 0. The molecule has 0 radical (unpaired) electrons. The predicted molar refractivity (Wildman–Crippen MR) is 36.2 cm³/mol. The van der Waals surface area contributed by atoms with Crippen molar-refractivity contribution in [2.75, 3.05) is 0 Å². The van der Waals surface area contributed by atoms with Crippen LogP contribution in [0.3, 0.4) is 0 Å². The zero-order chi connectivity index (χ0) is 0. The molecule has 0 aromatic rings. The summed E-state index contributed by atoms with van der Waals surface area (Å²) in [7, 11) is 0. The van der Waals surface area contributed by atoms with Gasteiger partial charge >= 0.3 is 2990 Å². The predicted octanol–water partition coefficient (Wildman–Crippen LogP) is -300. The van der Waals surface area contributed by atoms with Crippen LogP contribution in [0.5, 0.6) is 0 Å². The fourth-order valence-electron chi connectivity index (χ4n) is 0. The molecule has 0 N–H and O–H groups in total. The maximum atomic E-state index is 0. The van der Waals surface area contributed by atoms with E-state index < -0.39 is 0 Å². The molecule has 0 fully saturated rings. The van der Waals surface area contributed by atoms with Crippen LogP contribution < -0.4 is 2990 Å². The number of hydrogen-bond donors (Lipinski definition) is 0. The van der Waals surface area contributed by atoms with Gasteiger partial charge in [0.1, 0.15) is 0 Å². The molecule has 0 amide bonds. The van der Waals surface area contributed by atoms with Gasteiger partial charge in [-0.25, -0.2) is 0 Å². The van der Waals surface area contributed by atoms with Gasteiger partial charge in [0.2, 0.25) is 0 Å². The molecule has 0 aliphatic carbocycles. The first-order chi connectivity index (χ1) is 0. The van der Waals surface area contributed by atoms with E-state index in [2.05, 4.69) is 0 Å². The standard InChI is InChI=1S/5ClH.101Na/h5*1H;;;;;;;;;;;;;;;;;;;;;;;;;;;;;;;;;;;;;;;;;;;;;;;;;;;;;;;;;;;;;;;;;;;;;;;;;;;;;;;;;;;;;;;;;;;;;;;;;;;;;/q;;;;;101*+1. The van der Waals surface area contributed by atoms with Crippen molar-refractivity contribution < 1.29 is 2990 Å². The Kier molecular flexibility index (Phi) is 6790. The summed E-state index contributed by atoms with van der Waals surface area (Å²) in [6, 6.07) is 0. The normalized spacial score (nSPS) is 0. The molecule has 0 spiro atoms. The van der Waals surface area contributed by atoms with Gasteiger partial charge in [-0.1, -0.05) is 0 Å². The molecule has 0 unspecified atom stereocenters. The van der Waals surface area contributed by atoms with Crippen molar-refractivity contribution in [3.63, 3.8) is 0 Å². The molecule has 0 aromatic carbocycles. The molecule has 0 atom stereocenters. The molecule has 0 heterocycles. The molecule has 0 rings (SSSR count).